The Morgan fingerprint density at radius 2 is 0.628 bits per heavy atom. The zero-order valence-electron chi connectivity index (χ0n) is 50.6. The summed E-state index contributed by atoms with van der Waals surface area (Å²) in [7, 11) is -4.75. The van der Waals surface area contributed by atoms with Crippen molar-refractivity contribution in [3.63, 3.8) is 0 Å². The Hall–Kier alpha value is -2.56. The number of aliphatic hydroxyl groups is 1. The third-order valence-electron chi connectivity index (χ3n) is 14.2. The fraction of sp³-hybridized carbons (Fsp3) is 0.833. The van der Waals surface area contributed by atoms with Crippen molar-refractivity contribution in [2.24, 2.45) is 0 Å². The van der Waals surface area contributed by atoms with E-state index in [1.807, 2.05) is 0 Å². The molecule has 0 fully saturated rings. The zero-order chi connectivity index (χ0) is 56.9. The van der Waals surface area contributed by atoms with Crippen molar-refractivity contribution < 1.29 is 52.2 Å². The number of unbranched alkanes of at least 4 members (excludes halogenated alkanes) is 36. The highest BCUT2D eigenvalue weighted by Crippen LogP contribution is 2.43. The van der Waals surface area contributed by atoms with Crippen LogP contribution in [0, 0.1) is 0 Å². The second-order valence-electron chi connectivity index (χ2n) is 21.9. The summed E-state index contributed by atoms with van der Waals surface area (Å²) in [5, 5.41) is 9.84. The highest BCUT2D eigenvalue weighted by atomic mass is 31.2. The number of carbonyl (C=O) groups excluding carboxylic acids is 3. The van der Waals surface area contributed by atoms with Gasteiger partial charge in [0.05, 0.1) is 19.8 Å². The summed E-state index contributed by atoms with van der Waals surface area (Å²) in [6, 6.07) is 0. The molecule has 0 aliphatic carbocycles. The van der Waals surface area contributed by atoms with E-state index < -0.39 is 57.8 Å². The highest BCUT2D eigenvalue weighted by molar-refractivity contribution is 7.47. The zero-order valence-corrected chi connectivity index (χ0v) is 51.5. The van der Waals surface area contributed by atoms with E-state index >= 15 is 0 Å². The minimum atomic E-state index is -4.75. The first-order chi connectivity index (χ1) is 38.2. The summed E-state index contributed by atoms with van der Waals surface area (Å²) in [6.07, 6.45) is 66.3. The quantitative estimate of drug-likeness (QED) is 0.0197. The fourth-order valence-electron chi connectivity index (χ4n) is 9.24. The van der Waals surface area contributed by atoms with E-state index in [9.17, 15) is 28.9 Å². The lowest BCUT2D eigenvalue weighted by Gasteiger charge is -2.21. The van der Waals surface area contributed by atoms with Gasteiger partial charge in [0.2, 0.25) is 0 Å². The average molecular weight is 1120 g/mol. The Balaban J connectivity index is 4.70. The number of rotatable bonds is 61. The molecule has 3 atom stereocenters. The molecule has 0 heterocycles. The lowest BCUT2D eigenvalue weighted by Crippen LogP contribution is -2.30. The van der Waals surface area contributed by atoms with E-state index in [1.165, 1.54) is 167 Å². The van der Waals surface area contributed by atoms with E-state index in [2.05, 4.69) is 69.4 Å². The summed E-state index contributed by atoms with van der Waals surface area (Å²) in [5.74, 6) is -1.46. The Morgan fingerprint density at radius 1 is 0.359 bits per heavy atom. The molecule has 0 bridgehead atoms. The summed E-state index contributed by atoms with van der Waals surface area (Å²) < 4.78 is 39.7. The molecule has 0 aromatic rings. The van der Waals surface area contributed by atoms with Crippen molar-refractivity contribution in [3.05, 3.63) is 48.6 Å². The summed E-state index contributed by atoms with van der Waals surface area (Å²) in [5.41, 5.74) is 0. The van der Waals surface area contributed by atoms with Gasteiger partial charge in [-0.2, -0.15) is 0 Å². The van der Waals surface area contributed by atoms with Gasteiger partial charge in [0.25, 0.3) is 0 Å². The summed E-state index contributed by atoms with van der Waals surface area (Å²) >= 11 is 0. The second kappa shape index (κ2) is 60.5. The number of ether oxygens (including phenoxy) is 3. The van der Waals surface area contributed by atoms with Gasteiger partial charge in [-0.3, -0.25) is 23.4 Å². The topological polar surface area (TPSA) is 155 Å². The van der Waals surface area contributed by atoms with Crippen molar-refractivity contribution in [1.29, 1.82) is 0 Å². The maximum absolute atomic E-state index is 13.0. The maximum atomic E-state index is 13.0. The molecular weight excluding hydrogens is 1000 g/mol. The average Bonchev–Trinajstić information content (AvgIpc) is 3.43. The van der Waals surface area contributed by atoms with Crippen molar-refractivity contribution in [2.75, 3.05) is 26.4 Å². The van der Waals surface area contributed by atoms with Gasteiger partial charge in [-0.25, -0.2) is 4.57 Å². The van der Waals surface area contributed by atoms with Gasteiger partial charge < -0.3 is 24.2 Å². The van der Waals surface area contributed by atoms with Crippen LogP contribution < -0.4 is 0 Å². The smallest absolute Gasteiger partial charge is 0.462 e. The van der Waals surface area contributed by atoms with Crippen LogP contribution in [-0.2, 0) is 42.2 Å². The van der Waals surface area contributed by atoms with Gasteiger partial charge in [0.1, 0.15) is 12.7 Å². The lowest BCUT2D eigenvalue weighted by atomic mass is 10.0. The van der Waals surface area contributed by atoms with Gasteiger partial charge in [-0.05, 0) is 83.5 Å². The Bertz CT molecular complexity index is 1490. The fourth-order valence-corrected chi connectivity index (χ4v) is 10.0. The van der Waals surface area contributed by atoms with Crippen LogP contribution in [0.25, 0.3) is 0 Å². The number of hydrogen-bond donors (Lipinski definition) is 2. The molecule has 3 unspecified atom stereocenters. The molecule has 0 rings (SSSR count). The van der Waals surface area contributed by atoms with Gasteiger partial charge >= 0.3 is 25.7 Å². The first-order valence-electron chi connectivity index (χ1n) is 32.5. The van der Waals surface area contributed by atoms with Gasteiger partial charge in [-0.1, -0.05) is 262 Å². The van der Waals surface area contributed by atoms with Crippen molar-refractivity contribution in [2.45, 2.75) is 328 Å². The Labute approximate surface area is 479 Å². The Morgan fingerprint density at radius 3 is 1.00 bits per heavy atom. The van der Waals surface area contributed by atoms with Crippen molar-refractivity contribution >= 4 is 25.7 Å². The minimum Gasteiger partial charge on any atom is -0.462 e. The molecule has 0 radical (unpaired) electrons. The molecule has 12 heteroatoms. The molecule has 0 aliphatic heterocycles. The van der Waals surface area contributed by atoms with E-state index in [0.29, 0.717) is 19.3 Å². The molecule has 0 aromatic carbocycles. The first-order valence-corrected chi connectivity index (χ1v) is 34.0. The molecule has 0 aliphatic rings. The molecule has 78 heavy (non-hydrogen) atoms. The Kier molecular flexibility index (Phi) is 58.5. The van der Waals surface area contributed by atoms with E-state index in [4.69, 9.17) is 23.3 Å². The van der Waals surface area contributed by atoms with E-state index in [1.54, 1.807) is 0 Å². The predicted molar refractivity (Wildman–Crippen MR) is 325 cm³/mol. The third-order valence-corrected chi connectivity index (χ3v) is 15.2. The van der Waals surface area contributed by atoms with Crippen LogP contribution in [0.4, 0.5) is 0 Å². The van der Waals surface area contributed by atoms with Crippen LogP contribution >= 0.6 is 7.82 Å². The third kappa shape index (κ3) is 58.1. The number of allylic oxidation sites excluding steroid dienone is 8. The minimum absolute atomic E-state index is 0.155. The van der Waals surface area contributed by atoms with Crippen LogP contribution in [-0.4, -0.2) is 66.5 Å². The molecular formula is C66H121O11P. The molecule has 0 saturated heterocycles. The number of phosphoric acid groups is 1. The number of aliphatic hydroxyl groups excluding tert-OH is 1. The van der Waals surface area contributed by atoms with Gasteiger partial charge in [-0.15, -0.1) is 0 Å². The monoisotopic (exact) mass is 1120 g/mol. The van der Waals surface area contributed by atoms with E-state index in [0.717, 1.165) is 89.9 Å². The molecule has 11 nitrogen and oxygen atoms in total. The van der Waals surface area contributed by atoms with Crippen LogP contribution in [0.2, 0.25) is 0 Å². The van der Waals surface area contributed by atoms with Crippen molar-refractivity contribution in [3.8, 4) is 0 Å². The second-order valence-corrected chi connectivity index (χ2v) is 23.4. The lowest BCUT2D eigenvalue weighted by molar-refractivity contribution is -0.161. The number of esters is 3. The van der Waals surface area contributed by atoms with Crippen molar-refractivity contribution in [1.82, 2.24) is 0 Å². The van der Waals surface area contributed by atoms with E-state index in [-0.39, 0.29) is 25.9 Å². The number of phosphoric ester groups is 1. The van der Waals surface area contributed by atoms with Crippen LogP contribution in [0.15, 0.2) is 48.6 Å². The van der Waals surface area contributed by atoms with Crippen LogP contribution in [0.3, 0.4) is 0 Å². The molecule has 0 aromatic heterocycles. The normalized spacial score (nSPS) is 13.6. The number of hydrogen-bond acceptors (Lipinski definition) is 10. The summed E-state index contributed by atoms with van der Waals surface area (Å²) in [4.78, 5) is 48.7. The molecule has 0 saturated carbocycles. The van der Waals surface area contributed by atoms with Crippen LogP contribution in [0.5, 0.6) is 0 Å². The largest absolute Gasteiger partial charge is 0.472 e. The molecule has 2 N–H and O–H groups in total. The standard InChI is InChI=1S/C66H121O11P/c1-4-7-10-13-16-19-22-25-27-29-31-33-35-38-40-43-46-49-52-55-64(68)73-59-63(77-66(70)57-54-51-48-45-42-39-36-34-32-30-28-26-23-20-17-14-11-8-5-2)61-75-78(71,72)74-60-62(58-67)76-65(69)56-53-50-47-44-41-37-24-21-18-15-12-9-6-3/h17,20,25-28,32,34,62-63,67H,4-16,18-19,21-24,29-31,33,35-61H2,1-3H3,(H,71,72)/b20-17-,27-25-,28-26-,34-32-. The maximum Gasteiger partial charge on any atom is 0.472 e. The van der Waals surface area contributed by atoms with Crippen LogP contribution in [0.1, 0.15) is 316 Å². The van der Waals surface area contributed by atoms with Gasteiger partial charge in [0.15, 0.2) is 6.10 Å². The summed E-state index contributed by atoms with van der Waals surface area (Å²) in [6.45, 7) is 4.65. The predicted octanol–water partition coefficient (Wildman–Crippen LogP) is 19.7. The molecule has 0 amide bonds. The number of carbonyl (C=O) groups is 3. The van der Waals surface area contributed by atoms with Gasteiger partial charge in [0, 0.05) is 19.3 Å². The molecule has 456 valence electrons. The highest BCUT2D eigenvalue weighted by Gasteiger charge is 2.28. The SMILES string of the molecule is CCCCC/C=C\C/C=C\C/C=C\CCCCCCCCC(=O)OC(COC(=O)CCCCCCCCCCC/C=C\CCCCCCCC)COP(=O)(O)OCC(CO)OC(=O)CCCCCCCCCCCCCCC. The molecule has 0 spiro atoms. The first kappa shape index (κ1) is 75.4.